The number of halogens is 1. The highest BCUT2D eigenvalue weighted by molar-refractivity contribution is 7.23. The fraction of sp³-hybridized carbons (Fsp3) is 0.100. The maximum atomic E-state index is 12.8. The summed E-state index contributed by atoms with van der Waals surface area (Å²) in [5, 5.41) is 5.91. The summed E-state index contributed by atoms with van der Waals surface area (Å²) in [6.07, 6.45) is 1.22. The third-order valence-corrected chi connectivity index (χ3v) is 5.44. The quantitative estimate of drug-likeness (QED) is 0.456. The standard InChI is InChI=1S/C20H15ClN4O4S/c1-2-29-18(27)14-10-22-20-25(17(14)26)15-9-13(6-7-16(15)30-20)24-19(28)23-12-5-3-4-11(21)8-12/h3-10H,2H2,1H3,(H2,23,24,28). The summed E-state index contributed by atoms with van der Waals surface area (Å²) in [6.45, 7) is 1.81. The summed E-state index contributed by atoms with van der Waals surface area (Å²) in [4.78, 5) is 41.8. The molecule has 0 atom stereocenters. The highest BCUT2D eigenvalue weighted by Gasteiger charge is 2.17. The Morgan fingerprint density at radius 1 is 1.17 bits per heavy atom. The number of benzene rings is 2. The Morgan fingerprint density at radius 3 is 2.67 bits per heavy atom. The molecular formula is C20H15ClN4O4S. The zero-order valence-corrected chi connectivity index (χ0v) is 17.2. The second kappa shape index (κ2) is 8.13. The van der Waals surface area contributed by atoms with Crippen LogP contribution in [0.2, 0.25) is 5.02 Å². The molecule has 0 aliphatic carbocycles. The molecule has 2 aromatic carbocycles. The van der Waals surface area contributed by atoms with Crippen molar-refractivity contribution in [3.8, 4) is 0 Å². The van der Waals surface area contributed by atoms with E-state index in [-0.39, 0.29) is 12.2 Å². The van der Waals surface area contributed by atoms with Crippen molar-refractivity contribution in [3.63, 3.8) is 0 Å². The molecule has 0 spiro atoms. The van der Waals surface area contributed by atoms with Gasteiger partial charge in [-0.15, -0.1) is 0 Å². The van der Waals surface area contributed by atoms with Crippen LogP contribution in [0.4, 0.5) is 16.2 Å². The molecule has 30 heavy (non-hydrogen) atoms. The summed E-state index contributed by atoms with van der Waals surface area (Å²) in [5.74, 6) is -0.723. The maximum absolute atomic E-state index is 12.8. The number of nitrogens with one attached hydrogen (secondary N) is 2. The average Bonchev–Trinajstić information content (AvgIpc) is 3.07. The number of anilines is 2. The molecule has 0 unspecified atom stereocenters. The molecule has 2 heterocycles. The molecule has 2 N–H and O–H groups in total. The number of amides is 2. The molecule has 2 aromatic heterocycles. The number of fused-ring (bicyclic) bond motifs is 3. The molecule has 0 radical (unpaired) electrons. The SMILES string of the molecule is CCOC(=O)c1cnc2sc3ccc(NC(=O)Nc4cccc(Cl)c4)cc3n2c1=O. The topological polar surface area (TPSA) is 102 Å². The van der Waals surface area contributed by atoms with Crippen molar-refractivity contribution >= 4 is 61.5 Å². The lowest BCUT2D eigenvalue weighted by Gasteiger charge is -2.08. The van der Waals surface area contributed by atoms with Gasteiger partial charge in [0.15, 0.2) is 4.96 Å². The van der Waals surface area contributed by atoms with Gasteiger partial charge in [-0.2, -0.15) is 0 Å². The van der Waals surface area contributed by atoms with Crippen molar-refractivity contribution in [3.05, 3.63) is 69.6 Å². The second-order valence-electron chi connectivity index (χ2n) is 6.19. The molecule has 0 saturated heterocycles. The number of aromatic nitrogens is 2. The van der Waals surface area contributed by atoms with Crippen LogP contribution in [0.3, 0.4) is 0 Å². The lowest BCUT2D eigenvalue weighted by atomic mass is 10.3. The second-order valence-corrected chi connectivity index (χ2v) is 7.64. The Hall–Kier alpha value is -3.43. The van der Waals surface area contributed by atoms with Gasteiger partial charge in [0.05, 0.1) is 23.0 Å². The summed E-state index contributed by atoms with van der Waals surface area (Å²) in [5.41, 5.74) is 0.868. The molecule has 4 aromatic rings. The number of carbonyl (C=O) groups excluding carboxylic acids is 2. The van der Waals surface area contributed by atoms with Crippen molar-refractivity contribution in [2.45, 2.75) is 6.92 Å². The van der Waals surface area contributed by atoms with E-state index in [0.29, 0.717) is 26.9 Å². The third kappa shape index (κ3) is 3.85. The molecule has 8 nitrogen and oxygen atoms in total. The predicted octanol–water partition coefficient (Wildman–Crippen LogP) is 4.38. The first kappa shape index (κ1) is 19.9. The molecule has 0 saturated carbocycles. The van der Waals surface area contributed by atoms with Crippen LogP contribution < -0.4 is 16.2 Å². The summed E-state index contributed by atoms with van der Waals surface area (Å²) < 4.78 is 7.04. The zero-order valence-electron chi connectivity index (χ0n) is 15.6. The van der Waals surface area contributed by atoms with Gasteiger partial charge in [0.1, 0.15) is 5.56 Å². The van der Waals surface area contributed by atoms with Gasteiger partial charge in [-0.3, -0.25) is 9.20 Å². The maximum Gasteiger partial charge on any atom is 0.345 e. The summed E-state index contributed by atoms with van der Waals surface area (Å²) >= 11 is 7.22. The van der Waals surface area contributed by atoms with Crippen LogP contribution in [0.1, 0.15) is 17.3 Å². The Bertz CT molecular complexity index is 1350. The van der Waals surface area contributed by atoms with Gasteiger partial charge >= 0.3 is 12.0 Å². The van der Waals surface area contributed by atoms with Crippen molar-refractivity contribution in [2.24, 2.45) is 0 Å². The van der Waals surface area contributed by atoms with Crippen molar-refractivity contribution in [1.82, 2.24) is 9.38 Å². The Kier molecular flexibility index (Phi) is 5.39. The van der Waals surface area contributed by atoms with Gasteiger partial charge < -0.3 is 15.4 Å². The van der Waals surface area contributed by atoms with Crippen molar-refractivity contribution in [2.75, 3.05) is 17.2 Å². The van der Waals surface area contributed by atoms with Gasteiger partial charge in [0, 0.05) is 16.4 Å². The first-order valence-corrected chi connectivity index (χ1v) is 10.1. The Balaban J connectivity index is 1.68. The number of carbonyl (C=O) groups is 2. The van der Waals surface area contributed by atoms with Crippen molar-refractivity contribution < 1.29 is 14.3 Å². The molecule has 2 amide bonds. The number of rotatable bonds is 4. The van der Waals surface area contributed by atoms with E-state index in [1.165, 1.54) is 21.9 Å². The van der Waals surface area contributed by atoms with Gasteiger partial charge in [-0.25, -0.2) is 14.6 Å². The molecule has 0 fully saturated rings. The largest absolute Gasteiger partial charge is 0.462 e. The normalized spacial score (nSPS) is 10.9. The number of hydrogen-bond donors (Lipinski definition) is 2. The van der Waals surface area contributed by atoms with E-state index in [2.05, 4.69) is 15.6 Å². The number of esters is 1. The fourth-order valence-electron chi connectivity index (χ4n) is 2.89. The minimum Gasteiger partial charge on any atom is -0.462 e. The molecule has 0 aliphatic heterocycles. The lowest BCUT2D eigenvalue weighted by molar-refractivity contribution is 0.0523. The minimum absolute atomic E-state index is 0.147. The predicted molar refractivity (Wildman–Crippen MR) is 117 cm³/mol. The van der Waals surface area contributed by atoms with E-state index >= 15 is 0 Å². The van der Waals surface area contributed by atoms with Crippen LogP contribution in [0.15, 0.2) is 53.5 Å². The van der Waals surface area contributed by atoms with Crippen LogP contribution in [0.5, 0.6) is 0 Å². The zero-order chi connectivity index (χ0) is 21.3. The summed E-state index contributed by atoms with van der Waals surface area (Å²) in [6, 6.07) is 11.4. The van der Waals surface area contributed by atoms with E-state index < -0.39 is 17.6 Å². The number of nitrogens with zero attached hydrogens (tertiary/aromatic N) is 2. The Labute approximate surface area is 179 Å². The first-order chi connectivity index (χ1) is 14.5. The van der Waals surface area contributed by atoms with E-state index in [1.807, 2.05) is 0 Å². The highest BCUT2D eigenvalue weighted by atomic mass is 35.5. The van der Waals surface area contributed by atoms with Crippen LogP contribution in [-0.2, 0) is 4.74 Å². The van der Waals surface area contributed by atoms with E-state index in [0.717, 1.165) is 4.70 Å². The van der Waals surface area contributed by atoms with Crippen molar-refractivity contribution in [1.29, 1.82) is 0 Å². The lowest BCUT2D eigenvalue weighted by Crippen LogP contribution is -2.23. The molecule has 0 bridgehead atoms. The van der Waals surface area contributed by atoms with E-state index in [9.17, 15) is 14.4 Å². The molecule has 152 valence electrons. The Morgan fingerprint density at radius 2 is 1.93 bits per heavy atom. The molecule has 0 aliphatic rings. The fourth-order valence-corrected chi connectivity index (χ4v) is 4.04. The van der Waals surface area contributed by atoms with Gasteiger partial charge in [-0.1, -0.05) is 29.0 Å². The molecular weight excluding hydrogens is 428 g/mol. The van der Waals surface area contributed by atoms with Gasteiger partial charge in [0.2, 0.25) is 0 Å². The van der Waals surface area contributed by atoms with E-state index in [1.54, 1.807) is 49.4 Å². The number of thiazole rings is 1. The van der Waals surface area contributed by atoms with Crippen LogP contribution in [0.25, 0.3) is 15.2 Å². The third-order valence-electron chi connectivity index (χ3n) is 4.17. The monoisotopic (exact) mass is 442 g/mol. The van der Waals surface area contributed by atoms with Crippen LogP contribution >= 0.6 is 22.9 Å². The number of hydrogen-bond acceptors (Lipinski definition) is 6. The van der Waals surface area contributed by atoms with E-state index in [4.69, 9.17) is 16.3 Å². The summed E-state index contributed by atoms with van der Waals surface area (Å²) in [7, 11) is 0. The van der Waals surface area contributed by atoms with Crippen LogP contribution in [-0.4, -0.2) is 28.0 Å². The smallest absolute Gasteiger partial charge is 0.345 e. The highest BCUT2D eigenvalue weighted by Crippen LogP contribution is 2.27. The van der Waals surface area contributed by atoms with Gasteiger partial charge in [0.25, 0.3) is 5.56 Å². The molecule has 4 rings (SSSR count). The molecule has 10 heteroatoms. The van der Waals surface area contributed by atoms with Gasteiger partial charge in [-0.05, 0) is 43.3 Å². The number of urea groups is 1. The van der Waals surface area contributed by atoms with Crippen LogP contribution in [0, 0.1) is 0 Å². The average molecular weight is 443 g/mol. The minimum atomic E-state index is -0.723. The number of ether oxygens (including phenoxy) is 1. The first-order valence-electron chi connectivity index (χ1n) is 8.91.